The number of rotatable bonds is 1. The first-order chi connectivity index (χ1) is 5.54. The van der Waals surface area contributed by atoms with Gasteiger partial charge in [0.15, 0.2) is 0 Å². The second kappa shape index (κ2) is 3.10. The van der Waals surface area contributed by atoms with Crippen LogP contribution in [0.1, 0.15) is 5.56 Å². The van der Waals surface area contributed by atoms with Gasteiger partial charge in [-0.2, -0.15) is 0 Å². The lowest BCUT2D eigenvalue weighted by Gasteiger charge is -2.01. The molecule has 0 aliphatic rings. The normalized spacial score (nSPS) is 9.83. The van der Waals surface area contributed by atoms with E-state index in [9.17, 15) is 10.1 Å². The van der Waals surface area contributed by atoms with Gasteiger partial charge in [0.1, 0.15) is 4.47 Å². The first kappa shape index (κ1) is 8.99. The Morgan fingerprint density at radius 2 is 2.17 bits per heavy atom. The lowest BCUT2D eigenvalue weighted by molar-refractivity contribution is -0.386. The zero-order valence-electron chi connectivity index (χ0n) is 6.37. The first-order valence-corrected chi connectivity index (χ1v) is 4.02. The predicted molar refractivity (Wildman–Crippen MR) is 49.9 cm³/mol. The van der Waals surface area contributed by atoms with Gasteiger partial charge in [0, 0.05) is 5.56 Å². The Labute approximate surface area is 77.7 Å². The van der Waals surface area contributed by atoms with Crippen LogP contribution in [0.15, 0.2) is 16.6 Å². The monoisotopic (exact) mass is 230 g/mol. The third kappa shape index (κ3) is 1.40. The molecule has 0 aromatic heterocycles. The molecule has 2 N–H and O–H groups in total. The van der Waals surface area contributed by atoms with E-state index in [1.807, 2.05) is 0 Å². The number of nitrogens with zero attached hydrogens (tertiary/aromatic N) is 1. The predicted octanol–water partition coefficient (Wildman–Crippen LogP) is 2.25. The van der Waals surface area contributed by atoms with E-state index in [1.54, 1.807) is 19.1 Å². The van der Waals surface area contributed by atoms with E-state index < -0.39 is 4.92 Å². The summed E-state index contributed by atoms with van der Waals surface area (Å²) < 4.78 is 0.354. The number of aryl methyl sites for hydroxylation is 1. The van der Waals surface area contributed by atoms with Gasteiger partial charge in [-0.1, -0.05) is 6.07 Å². The van der Waals surface area contributed by atoms with Crippen LogP contribution in [0.5, 0.6) is 0 Å². The maximum Gasteiger partial charge on any atom is 0.288 e. The van der Waals surface area contributed by atoms with Gasteiger partial charge in [-0.05, 0) is 28.9 Å². The van der Waals surface area contributed by atoms with Gasteiger partial charge in [0.05, 0.1) is 10.6 Å². The molecule has 12 heavy (non-hydrogen) atoms. The summed E-state index contributed by atoms with van der Waals surface area (Å²) in [5, 5.41) is 10.5. The summed E-state index contributed by atoms with van der Waals surface area (Å²) in [6.45, 7) is 1.67. The summed E-state index contributed by atoms with van der Waals surface area (Å²) in [5.41, 5.74) is 6.49. The van der Waals surface area contributed by atoms with Crippen LogP contribution in [0, 0.1) is 17.0 Å². The molecule has 64 valence electrons. The average molecular weight is 231 g/mol. The van der Waals surface area contributed by atoms with Crippen LogP contribution in [0.3, 0.4) is 0 Å². The summed E-state index contributed by atoms with van der Waals surface area (Å²) in [5.74, 6) is 0. The summed E-state index contributed by atoms with van der Waals surface area (Å²) >= 11 is 3.06. The minimum Gasteiger partial charge on any atom is -0.398 e. The standard InChI is InChI=1S/C7H7BrN2O2/c1-4-2-3-5(9)6(8)7(4)10(11)12/h2-3H,9H2,1H3. The van der Waals surface area contributed by atoms with Crippen molar-refractivity contribution in [3.05, 3.63) is 32.3 Å². The molecule has 0 atom stereocenters. The van der Waals surface area contributed by atoms with Crippen LogP contribution in [0.25, 0.3) is 0 Å². The van der Waals surface area contributed by atoms with Crippen molar-refractivity contribution in [1.82, 2.24) is 0 Å². The number of nitrogens with two attached hydrogens (primary N) is 1. The second-order valence-electron chi connectivity index (χ2n) is 2.39. The molecule has 0 fully saturated rings. The largest absolute Gasteiger partial charge is 0.398 e. The minimum atomic E-state index is -0.449. The van der Waals surface area contributed by atoms with E-state index in [1.165, 1.54) is 0 Å². The maximum absolute atomic E-state index is 10.5. The molecule has 1 aromatic carbocycles. The van der Waals surface area contributed by atoms with Gasteiger partial charge in [-0.15, -0.1) is 0 Å². The molecule has 0 unspecified atom stereocenters. The molecule has 4 nitrogen and oxygen atoms in total. The topological polar surface area (TPSA) is 69.2 Å². The van der Waals surface area contributed by atoms with E-state index in [0.29, 0.717) is 15.7 Å². The number of nitro benzene ring substituents is 1. The SMILES string of the molecule is Cc1ccc(N)c(Br)c1[N+](=O)[O-]. The number of nitrogen functional groups attached to an aromatic ring is 1. The summed E-state index contributed by atoms with van der Waals surface area (Å²) in [4.78, 5) is 10.1. The summed E-state index contributed by atoms with van der Waals surface area (Å²) in [7, 11) is 0. The third-order valence-corrected chi connectivity index (χ3v) is 2.36. The highest BCUT2D eigenvalue weighted by Crippen LogP contribution is 2.32. The Morgan fingerprint density at radius 3 is 2.58 bits per heavy atom. The van der Waals surface area contributed by atoms with Crippen LogP contribution in [0.4, 0.5) is 11.4 Å². The molecule has 0 radical (unpaired) electrons. The molecule has 5 heteroatoms. The zero-order chi connectivity index (χ0) is 9.30. The molecular formula is C7H7BrN2O2. The maximum atomic E-state index is 10.5. The summed E-state index contributed by atoms with van der Waals surface area (Å²) in [6, 6.07) is 3.25. The van der Waals surface area contributed by atoms with Crippen molar-refractivity contribution in [2.75, 3.05) is 5.73 Å². The van der Waals surface area contributed by atoms with Crippen LogP contribution in [-0.2, 0) is 0 Å². The number of halogens is 1. The molecule has 0 bridgehead atoms. The highest BCUT2D eigenvalue weighted by atomic mass is 79.9. The Bertz CT molecular complexity index is 338. The molecule has 1 aromatic rings. The van der Waals surface area contributed by atoms with Crippen molar-refractivity contribution < 1.29 is 4.92 Å². The molecule has 0 saturated carbocycles. The molecule has 0 spiro atoms. The van der Waals surface area contributed by atoms with Crippen LogP contribution in [-0.4, -0.2) is 4.92 Å². The fourth-order valence-electron chi connectivity index (χ4n) is 0.901. The smallest absolute Gasteiger partial charge is 0.288 e. The third-order valence-electron chi connectivity index (χ3n) is 1.53. The van der Waals surface area contributed by atoms with Crippen molar-refractivity contribution in [2.24, 2.45) is 0 Å². The van der Waals surface area contributed by atoms with Gasteiger partial charge in [0.25, 0.3) is 5.69 Å². The van der Waals surface area contributed by atoms with Crippen molar-refractivity contribution >= 4 is 27.3 Å². The zero-order valence-corrected chi connectivity index (χ0v) is 7.96. The van der Waals surface area contributed by atoms with Gasteiger partial charge in [-0.25, -0.2) is 0 Å². The van der Waals surface area contributed by atoms with E-state index in [0.717, 1.165) is 0 Å². The number of benzene rings is 1. The van der Waals surface area contributed by atoms with Crippen LogP contribution < -0.4 is 5.73 Å². The Morgan fingerprint density at radius 1 is 1.58 bits per heavy atom. The fourth-order valence-corrected chi connectivity index (χ4v) is 1.49. The molecule has 0 saturated heterocycles. The Balaban J connectivity index is 3.43. The first-order valence-electron chi connectivity index (χ1n) is 3.23. The Kier molecular flexibility index (Phi) is 2.32. The minimum absolute atomic E-state index is 0.0370. The van der Waals surface area contributed by atoms with Crippen molar-refractivity contribution in [1.29, 1.82) is 0 Å². The molecular weight excluding hydrogens is 224 g/mol. The molecule has 0 amide bonds. The number of hydrogen-bond acceptors (Lipinski definition) is 3. The van der Waals surface area contributed by atoms with Crippen LogP contribution in [0.2, 0.25) is 0 Å². The lowest BCUT2D eigenvalue weighted by Crippen LogP contribution is -1.96. The van der Waals surface area contributed by atoms with Crippen molar-refractivity contribution in [2.45, 2.75) is 6.92 Å². The molecule has 1 rings (SSSR count). The average Bonchev–Trinajstić information content (AvgIpc) is 1.97. The number of anilines is 1. The highest BCUT2D eigenvalue weighted by molar-refractivity contribution is 9.10. The van der Waals surface area contributed by atoms with Crippen LogP contribution >= 0.6 is 15.9 Å². The van der Waals surface area contributed by atoms with Gasteiger partial charge < -0.3 is 5.73 Å². The lowest BCUT2D eigenvalue weighted by atomic mass is 10.2. The van der Waals surface area contributed by atoms with Gasteiger partial charge >= 0.3 is 0 Å². The molecule has 0 aliphatic heterocycles. The highest BCUT2D eigenvalue weighted by Gasteiger charge is 2.17. The fraction of sp³-hybridized carbons (Fsp3) is 0.143. The van der Waals surface area contributed by atoms with Gasteiger partial charge in [0.2, 0.25) is 0 Å². The van der Waals surface area contributed by atoms with E-state index in [4.69, 9.17) is 5.73 Å². The van der Waals surface area contributed by atoms with E-state index in [2.05, 4.69) is 15.9 Å². The number of nitro groups is 1. The Hall–Kier alpha value is -1.10. The van der Waals surface area contributed by atoms with E-state index in [-0.39, 0.29) is 5.69 Å². The quantitative estimate of drug-likeness (QED) is 0.457. The number of hydrogen-bond donors (Lipinski definition) is 1. The molecule has 0 aliphatic carbocycles. The van der Waals surface area contributed by atoms with Gasteiger partial charge in [-0.3, -0.25) is 10.1 Å². The molecule has 0 heterocycles. The van der Waals surface area contributed by atoms with E-state index >= 15 is 0 Å². The second-order valence-corrected chi connectivity index (χ2v) is 3.18. The van der Waals surface area contributed by atoms with Crippen molar-refractivity contribution in [3.8, 4) is 0 Å². The van der Waals surface area contributed by atoms with Crippen molar-refractivity contribution in [3.63, 3.8) is 0 Å². The summed E-state index contributed by atoms with van der Waals surface area (Å²) in [6.07, 6.45) is 0.